The van der Waals surface area contributed by atoms with Crippen molar-refractivity contribution >= 4 is 16.9 Å². The molecular formula is C15H13F3N2O4. The van der Waals surface area contributed by atoms with E-state index in [1.165, 1.54) is 6.07 Å². The van der Waals surface area contributed by atoms with Gasteiger partial charge in [-0.2, -0.15) is 13.2 Å². The van der Waals surface area contributed by atoms with Gasteiger partial charge in [-0.3, -0.25) is 4.79 Å². The fourth-order valence-corrected chi connectivity index (χ4v) is 2.67. The molecule has 6 nitrogen and oxygen atoms in total. The molecule has 0 amide bonds. The molecule has 1 fully saturated rings. The lowest BCUT2D eigenvalue weighted by atomic mass is 9.90. The Hall–Kier alpha value is -2.42. The van der Waals surface area contributed by atoms with Crippen molar-refractivity contribution in [1.82, 2.24) is 9.97 Å². The van der Waals surface area contributed by atoms with Crippen molar-refractivity contribution in [2.24, 2.45) is 0 Å². The quantitative estimate of drug-likeness (QED) is 0.669. The maximum absolute atomic E-state index is 12.5. The number of carbonyl (C=O) groups excluding carboxylic acids is 1. The number of benzene rings is 1. The number of nitrogens with one attached hydrogen (secondary N) is 1. The van der Waals surface area contributed by atoms with Gasteiger partial charge in [-0.25, -0.2) is 9.78 Å². The molecule has 128 valence electrons. The first-order valence-electron chi connectivity index (χ1n) is 7.24. The predicted octanol–water partition coefficient (Wildman–Crippen LogP) is 2.28. The second kappa shape index (κ2) is 6.23. The summed E-state index contributed by atoms with van der Waals surface area (Å²) in [5, 5.41) is 0.0754. The summed E-state index contributed by atoms with van der Waals surface area (Å²) in [6.45, 7) is 1.04. The van der Waals surface area contributed by atoms with E-state index in [9.17, 15) is 22.8 Å². The highest BCUT2D eigenvalue weighted by atomic mass is 19.4. The molecule has 1 N–H and O–H groups in total. The Balaban J connectivity index is 2.09. The van der Waals surface area contributed by atoms with Crippen molar-refractivity contribution < 1.29 is 27.4 Å². The Morgan fingerprint density at radius 3 is 2.67 bits per heavy atom. The standard InChI is InChI=1S/C15H13F3N2O4/c16-15(17,18)14(22)24-11-6-9(8-1-3-23-4-2-8)5-10-12(11)19-7-20-13(10)21/h5-8H,1-4H2,(H,19,20,21). The minimum absolute atomic E-state index is 0.00564. The van der Waals surface area contributed by atoms with Gasteiger partial charge in [0.2, 0.25) is 0 Å². The van der Waals surface area contributed by atoms with Gasteiger partial charge in [-0.05, 0) is 36.5 Å². The number of aromatic nitrogens is 2. The molecule has 0 saturated carbocycles. The second-order valence-electron chi connectivity index (χ2n) is 5.42. The van der Waals surface area contributed by atoms with E-state index in [-0.39, 0.29) is 22.6 Å². The lowest BCUT2D eigenvalue weighted by Crippen LogP contribution is -2.28. The number of rotatable bonds is 2. The Morgan fingerprint density at radius 1 is 1.29 bits per heavy atom. The van der Waals surface area contributed by atoms with E-state index < -0.39 is 17.7 Å². The average molecular weight is 342 g/mol. The van der Waals surface area contributed by atoms with Crippen LogP contribution in [-0.4, -0.2) is 35.3 Å². The molecule has 3 rings (SSSR count). The van der Waals surface area contributed by atoms with E-state index >= 15 is 0 Å². The number of alkyl halides is 3. The number of aromatic amines is 1. The summed E-state index contributed by atoms with van der Waals surface area (Å²) >= 11 is 0. The maximum Gasteiger partial charge on any atom is 0.491 e. The minimum Gasteiger partial charge on any atom is -0.418 e. The third-order valence-corrected chi connectivity index (χ3v) is 3.86. The van der Waals surface area contributed by atoms with Crippen molar-refractivity contribution in [1.29, 1.82) is 0 Å². The van der Waals surface area contributed by atoms with Gasteiger partial charge in [0.25, 0.3) is 5.56 Å². The minimum atomic E-state index is -5.14. The number of H-pyrrole nitrogens is 1. The third-order valence-electron chi connectivity index (χ3n) is 3.86. The van der Waals surface area contributed by atoms with Crippen LogP contribution in [0.2, 0.25) is 0 Å². The molecule has 9 heteroatoms. The van der Waals surface area contributed by atoms with Gasteiger partial charge in [-0.1, -0.05) is 0 Å². The topological polar surface area (TPSA) is 81.3 Å². The van der Waals surface area contributed by atoms with E-state index in [0.717, 1.165) is 6.33 Å². The van der Waals surface area contributed by atoms with E-state index in [1.807, 2.05) is 0 Å². The summed E-state index contributed by atoms with van der Waals surface area (Å²) in [5.41, 5.74) is 0.0136. The summed E-state index contributed by atoms with van der Waals surface area (Å²) in [7, 11) is 0. The molecule has 1 saturated heterocycles. The van der Waals surface area contributed by atoms with Crippen LogP contribution in [0, 0.1) is 0 Å². The van der Waals surface area contributed by atoms with Gasteiger partial charge in [0.05, 0.1) is 11.7 Å². The highest BCUT2D eigenvalue weighted by Gasteiger charge is 2.41. The summed E-state index contributed by atoms with van der Waals surface area (Å²) in [5.74, 6) is -2.72. The molecule has 1 aromatic heterocycles. The van der Waals surface area contributed by atoms with Gasteiger partial charge in [0, 0.05) is 13.2 Å². The fraction of sp³-hybridized carbons (Fsp3) is 0.400. The largest absolute Gasteiger partial charge is 0.491 e. The van der Waals surface area contributed by atoms with Crippen LogP contribution in [0.3, 0.4) is 0 Å². The Bertz CT molecular complexity index is 826. The number of hydrogen-bond acceptors (Lipinski definition) is 5. The molecule has 1 aromatic carbocycles. The molecule has 0 aliphatic carbocycles. The molecule has 0 unspecified atom stereocenters. The molecule has 24 heavy (non-hydrogen) atoms. The van der Waals surface area contributed by atoms with Gasteiger partial charge >= 0.3 is 12.1 Å². The van der Waals surface area contributed by atoms with Crippen LogP contribution in [0.1, 0.15) is 24.3 Å². The SMILES string of the molecule is O=C(Oc1cc(C2CCOCC2)cc2c(=O)[nH]cnc12)C(F)(F)F. The molecule has 2 heterocycles. The zero-order valence-corrected chi connectivity index (χ0v) is 12.4. The smallest absolute Gasteiger partial charge is 0.418 e. The fourth-order valence-electron chi connectivity index (χ4n) is 2.67. The first-order chi connectivity index (χ1) is 11.4. The number of esters is 1. The van der Waals surface area contributed by atoms with E-state index in [2.05, 4.69) is 14.7 Å². The lowest BCUT2D eigenvalue weighted by Gasteiger charge is -2.23. The molecule has 0 radical (unpaired) electrons. The molecule has 0 atom stereocenters. The Labute approximate surface area is 133 Å². The molecule has 1 aliphatic heterocycles. The number of fused-ring (bicyclic) bond motifs is 1. The van der Waals surface area contributed by atoms with Crippen LogP contribution >= 0.6 is 0 Å². The maximum atomic E-state index is 12.5. The van der Waals surface area contributed by atoms with Crippen molar-refractivity contribution in [2.75, 3.05) is 13.2 Å². The van der Waals surface area contributed by atoms with Crippen LogP contribution in [0.15, 0.2) is 23.3 Å². The summed E-state index contributed by atoms with van der Waals surface area (Å²) < 4.78 is 47.2. The third kappa shape index (κ3) is 3.25. The van der Waals surface area contributed by atoms with Gasteiger partial charge in [0.1, 0.15) is 5.52 Å². The zero-order chi connectivity index (χ0) is 17.3. The monoisotopic (exact) mass is 342 g/mol. The summed E-state index contributed by atoms with van der Waals surface area (Å²) in [6, 6.07) is 2.91. The number of hydrogen-bond donors (Lipinski definition) is 1. The molecule has 0 bridgehead atoms. The normalized spacial score (nSPS) is 16.3. The Kier molecular flexibility index (Phi) is 4.27. The number of ether oxygens (including phenoxy) is 2. The lowest BCUT2D eigenvalue weighted by molar-refractivity contribution is -0.189. The van der Waals surface area contributed by atoms with Crippen LogP contribution in [0.5, 0.6) is 5.75 Å². The van der Waals surface area contributed by atoms with Crippen molar-refractivity contribution in [3.8, 4) is 5.75 Å². The molecule has 0 spiro atoms. The molecule has 1 aliphatic rings. The number of nitrogens with zero attached hydrogens (tertiary/aromatic N) is 1. The highest BCUT2D eigenvalue weighted by Crippen LogP contribution is 2.33. The van der Waals surface area contributed by atoms with E-state index in [4.69, 9.17) is 4.74 Å². The number of halogens is 3. The van der Waals surface area contributed by atoms with Gasteiger partial charge < -0.3 is 14.5 Å². The van der Waals surface area contributed by atoms with E-state index in [1.54, 1.807) is 6.07 Å². The molecule has 2 aromatic rings. The average Bonchev–Trinajstić information content (AvgIpc) is 2.55. The summed E-state index contributed by atoms with van der Waals surface area (Å²) in [6.07, 6.45) is -2.77. The van der Waals surface area contributed by atoms with Gasteiger partial charge in [0.15, 0.2) is 5.75 Å². The van der Waals surface area contributed by atoms with E-state index in [0.29, 0.717) is 31.6 Å². The zero-order valence-electron chi connectivity index (χ0n) is 12.4. The van der Waals surface area contributed by atoms with Crippen molar-refractivity contribution in [2.45, 2.75) is 24.9 Å². The van der Waals surface area contributed by atoms with Crippen LogP contribution in [-0.2, 0) is 9.53 Å². The highest BCUT2D eigenvalue weighted by molar-refractivity contribution is 5.88. The molecular weight excluding hydrogens is 329 g/mol. The first kappa shape index (κ1) is 16.4. The van der Waals surface area contributed by atoms with Crippen LogP contribution < -0.4 is 10.3 Å². The summed E-state index contributed by atoms with van der Waals surface area (Å²) in [4.78, 5) is 29.3. The van der Waals surface area contributed by atoms with Crippen molar-refractivity contribution in [3.05, 3.63) is 34.4 Å². The first-order valence-corrected chi connectivity index (χ1v) is 7.24. The Morgan fingerprint density at radius 2 is 2.00 bits per heavy atom. The van der Waals surface area contributed by atoms with Crippen molar-refractivity contribution in [3.63, 3.8) is 0 Å². The van der Waals surface area contributed by atoms with Crippen LogP contribution in [0.25, 0.3) is 10.9 Å². The second-order valence-corrected chi connectivity index (χ2v) is 5.42. The predicted molar refractivity (Wildman–Crippen MR) is 76.8 cm³/mol. The van der Waals surface area contributed by atoms with Crippen LogP contribution in [0.4, 0.5) is 13.2 Å². The number of carbonyl (C=O) groups is 1. The van der Waals surface area contributed by atoms with Gasteiger partial charge in [-0.15, -0.1) is 0 Å².